The number of fused-ring (bicyclic) bond motifs is 1. The molecule has 1 amide bonds. The minimum Gasteiger partial charge on any atom is -0.368 e. The number of aryl methyl sites for hydroxylation is 1. The van der Waals surface area contributed by atoms with Crippen molar-refractivity contribution in [3.63, 3.8) is 0 Å². The molecule has 0 radical (unpaired) electrons. The van der Waals surface area contributed by atoms with Gasteiger partial charge in [-0.2, -0.15) is 4.98 Å². The fraction of sp³-hybridized carbons (Fsp3) is 0.143. The Morgan fingerprint density at radius 2 is 2.00 bits per heavy atom. The van der Waals surface area contributed by atoms with E-state index in [0.29, 0.717) is 21.1 Å². The monoisotopic (exact) mass is 334 g/mol. The van der Waals surface area contributed by atoms with E-state index in [9.17, 15) is 9.59 Å². The first-order valence-corrected chi connectivity index (χ1v) is 7.57. The van der Waals surface area contributed by atoms with Crippen molar-refractivity contribution in [3.8, 4) is 11.3 Å². The molecule has 0 spiro atoms. The molecule has 0 bridgehead atoms. The second-order valence-electron chi connectivity index (χ2n) is 4.69. The van der Waals surface area contributed by atoms with Crippen LogP contribution in [0.1, 0.15) is 5.01 Å². The number of rotatable bonds is 3. The molecule has 0 aliphatic carbocycles. The molecule has 0 unspecified atom stereocenters. The number of nitrogens with two attached hydrogens (primary N) is 1. The first kappa shape index (κ1) is 14.7. The number of hydrogen-bond acceptors (Lipinski definition) is 5. The van der Waals surface area contributed by atoms with E-state index in [1.54, 1.807) is 24.3 Å². The van der Waals surface area contributed by atoms with Gasteiger partial charge in [0.2, 0.25) is 5.91 Å². The summed E-state index contributed by atoms with van der Waals surface area (Å²) in [6, 6.07) is 6.99. The highest BCUT2D eigenvalue weighted by atomic mass is 35.5. The zero-order valence-electron chi connectivity index (χ0n) is 11.5. The predicted octanol–water partition coefficient (Wildman–Crippen LogP) is 1.97. The third-order valence-electron chi connectivity index (χ3n) is 3.06. The normalized spacial score (nSPS) is 11.0. The number of carbonyl (C=O) groups excluding carboxylic acids is 1. The third-order valence-corrected chi connectivity index (χ3v) is 4.30. The van der Waals surface area contributed by atoms with Crippen LogP contribution in [0.15, 0.2) is 29.1 Å². The van der Waals surface area contributed by atoms with Crippen LogP contribution >= 0.6 is 22.9 Å². The lowest BCUT2D eigenvalue weighted by atomic mass is 10.1. The van der Waals surface area contributed by atoms with Gasteiger partial charge in [0.1, 0.15) is 22.6 Å². The standard InChI is InChI=1S/C14H11ClN4O2S/c1-7-17-12-11(8-2-4-9(15)5-3-8)18-14(21)19(6-10(16)20)13(12)22-7/h2-5H,6H2,1H3,(H2,16,20). The Kier molecular flexibility index (Phi) is 3.67. The summed E-state index contributed by atoms with van der Waals surface area (Å²) in [5.74, 6) is -0.601. The number of halogens is 1. The zero-order chi connectivity index (χ0) is 15.9. The first-order valence-electron chi connectivity index (χ1n) is 6.38. The molecule has 2 aromatic heterocycles. The Hall–Kier alpha value is -2.25. The number of nitrogens with zero attached hydrogens (tertiary/aromatic N) is 3. The Labute approximate surface area is 134 Å². The molecule has 0 atom stereocenters. The van der Waals surface area contributed by atoms with Crippen molar-refractivity contribution in [2.24, 2.45) is 5.73 Å². The SMILES string of the molecule is Cc1nc2c(-c3ccc(Cl)cc3)nc(=O)n(CC(N)=O)c2s1. The van der Waals surface area contributed by atoms with E-state index in [0.717, 1.165) is 10.6 Å². The zero-order valence-corrected chi connectivity index (χ0v) is 13.1. The maximum atomic E-state index is 12.2. The molecule has 112 valence electrons. The van der Waals surface area contributed by atoms with Crippen molar-refractivity contribution in [2.45, 2.75) is 13.5 Å². The van der Waals surface area contributed by atoms with Crippen LogP contribution in [0.4, 0.5) is 0 Å². The predicted molar refractivity (Wildman–Crippen MR) is 86.1 cm³/mol. The van der Waals surface area contributed by atoms with E-state index < -0.39 is 11.6 Å². The van der Waals surface area contributed by atoms with Gasteiger partial charge < -0.3 is 5.73 Å². The summed E-state index contributed by atoms with van der Waals surface area (Å²) >= 11 is 7.21. The van der Waals surface area contributed by atoms with Crippen LogP contribution in [0, 0.1) is 6.92 Å². The Morgan fingerprint density at radius 1 is 1.32 bits per heavy atom. The quantitative estimate of drug-likeness (QED) is 0.792. The molecule has 3 rings (SSSR count). The molecule has 1 aromatic carbocycles. The van der Waals surface area contributed by atoms with Crippen LogP contribution in [0.5, 0.6) is 0 Å². The Morgan fingerprint density at radius 3 is 2.64 bits per heavy atom. The highest BCUT2D eigenvalue weighted by Gasteiger charge is 2.17. The van der Waals surface area contributed by atoms with Crippen molar-refractivity contribution in [2.75, 3.05) is 0 Å². The Balaban J connectivity index is 2.31. The second kappa shape index (κ2) is 5.51. The summed E-state index contributed by atoms with van der Waals surface area (Å²) in [4.78, 5) is 32.5. The van der Waals surface area contributed by atoms with Crippen molar-refractivity contribution in [3.05, 3.63) is 44.8 Å². The van der Waals surface area contributed by atoms with E-state index in [4.69, 9.17) is 17.3 Å². The summed E-state index contributed by atoms with van der Waals surface area (Å²) in [5.41, 5.74) is 6.46. The lowest BCUT2D eigenvalue weighted by Crippen LogP contribution is -2.29. The van der Waals surface area contributed by atoms with E-state index in [1.807, 2.05) is 6.92 Å². The molecule has 0 aliphatic heterocycles. The molecule has 0 aliphatic rings. The number of hydrogen-bond donors (Lipinski definition) is 1. The van der Waals surface area contributed by atoms with Gasteiger partial charge in [0, 0.05) is 10.6 Å². The summed E-state index contributed by atoms with van der Waals surface area (Å²) in [6.45, 7) is 1.61. The maximum absolute atomic E-state index is 12.2. The van der Waals surface area contributed by atoms with Crippen molar-refractivity contribution >= 4 is 39.2 Å². The maximum Gasteiger partial charge on any atom is 0.349 e. The van der Waals surface area contributed by atoms with Crippen LogP contribution in [0.25, 0.3) is 21.6 Å². The Bertz CT molecular complexity index is 930. The molecule has 3 aromatic rings. The molecule has 2 N–H and O–H groups in total. The van der Waals surface area contributed by atoms with Crippen molar-refractivity contribution in [1.82, 2.24) is 14.5 Å². The fourth-order valence-corrected chi connectivity index (χ4v) is 3.19. The first-order chi connectivity index (χ1) is 10.5. The molecular weight excluding hydrogens is 324 g/mol. The van der Waals surface area contributed by atoms with Crippen molar-refractivity contribution < 1.29 is 4.79 Å². The second-order valence-corrected chi connectivity index (χ2v) is 6.31. The molecule has 2 heterocycles. The van der Waals surface area contributed by atoms with Crippen LogP contribution in [-0.4, -0.2) is 20.4 Å². The minimum atomic E-state index is -0.601. The number of aromatic nitrogens is 3. The number of primary amides is 1. The summed E-state index contributed by atoms with van der Waals surface area (Å²) < 4.78 is 1.25. The van der Waals surface area contributed by atoms with Gasteiger partial charge in [0.25, 0.3) is 0 Å². The molecular formula is C14H11ClN4O2S. The van der Waals surface area contributed by atoms with Crippen LogP contribution in [0.2, 0.25) is 5.02 Å². The molecule has 8 heteroatoms. The van der Waals surface area contributed by atoms with Crippen LogP contribution in [0.3, 0.4) is 0 Å². The fourth-order valence-electron chi connectivity index (χ4n) is 2.15. The lowest BCUT2D eigenvalue weighted by molar-refractivity contribution is -0.118. The summed E-state index contributed by atoms with van der Waals surface area (Å²) in [5, 5.41) is 1.37. The van der Waals surface area contributed by atoms with E-state index in [1.165, 1.54) is 15.9 Å². The smallest absolute Gasteiger partial charge is 0.349 e. The van der Waals surface area contributed by atoms with Gasteiger partial charge >= 0.3 is 5.69 Å². The number of carbonyl (C=O) groups is 1. The van der Waals surface area contributed by atoms with Crippen LogP contribution < -0.4 is 11.4 Å². The van der Waals surface area contributed by atoms with Crippen LogP contribution in [-0.2, 0) is 11.3 Å². The van der Waals surface area contributed by atoms with Gasteiger partial charge in [-0.25, -0.2) is 9.78 Å². The van der Waals surface area contributed by atoms with E-state index in [2.05, 4.69) is 9.97 Å². The van der Waals surface area contributed by atoms with Gasteiger partial charge in [0.15, 0.2) is 0 Å². The third kappa shape index (κ3) is 2.60. The van der Waals surface area contributed by atoms with Gasteiger partial charge in [-0.05, 0) is 19.1 Å². The average molecular weight is 335 g/mol. The average Bonchev–Trinajstić information content (AvgIpc) is 2.84. The molecule has 0 saturated heterocycles. The highest BCUT2D eigenvalue weighted by Crippen LogP contribution is 2.29. The van der Waals surface area contributed by atoms with Gasteiger partial charge in [-0.15, -0.1) is 11.3 Å². The lowest BCUT2D eigenvalue weighted by Gasteiger charge is -2.07. The van der Waals surface area contributed by atoms with Gasteiger partial charge in [-0.1, -0.05) is 23.7 Å². The highest BCUT2D eigenvalue weighted by molar-refractivity contribution is 7.18. The van der Waals surface area contributed by atoms with Crippen molar-refractivity contribution in [1.29, 1.82) is 0 Å². The number of thiazole rings is 1. The summed E-state index contributed by atoms with van der Waals surface area (Å²) in [6.07, 6.45) is 0. The molecule has 6 nitrogen and oxygen atoms in total. The largest absolute Gasteiger partial charge is 0.368 e. The molecule has 0 saturated carbocycles. The topological polar surface area (TPSA) is 90.9 Å². The molecule has 22 heavy (non-hydrogen) atoms. The van der Waals surface area contributed by atoms with Gasteiger partial charge in [-0.3, -0.25) is 9.36 Å². The van der Waals surface area contributed by atoms with E-state index in [-0.39, 0.29) is 6.54 Å². The van der Waals surface area contributed by atoms with Gasteiger partial charge in [0.05, 0.1) is 5.01 Å². The number of amides is 1. The minimum absolute atomic E-state index is 0.217. The van der Waals surface area contributed by atoms with E-state index >= 15 is 0 Å². The number of benzene rings is 1. The molecule has 0 fully saturated rings. The summed E-state index contributed by atoms with van der Waals surface area (Å²) in [7, 11) is 0.